The summed E-state index contributed by atoms with van der Waals surface area (Å²) in [6, 6.07) is 62.9. The molecule has 12 nitrogen and oxygen atoms in total. The van der Waals surface area contributed by atoms with Crippen molar-refractivity contribution in [1.82, 2.24) is 36.6 Å². The van der Waals surface area contributed by atoms with Crippen LogP contribution in [0.25, 0.3) is 89.7 Å². The number of para-hydroxylation sites is 4. The summed E-state index contributed by atoms with van der Waals surface area (Å²) < 4.78 is 30.1. The third-order valence-corrected chi connectivity index (χ3v) is 13.7. The van der Waals surface area contributed by atoms with Crippen LogP contribution in [0.5, 0.6) is 46.0 Å². The van der Waals surface area contributed by atoms with Gasteiger partial charge in [0.1, 0.15) is 0 Å². The molecule has 14 rings (SSSR count). The van der Waals surface area contributed by atoms with Crippen molar-refractivity contribution in [2.24, 2.45) is 0 Å². The number of rotatable bonds is 8. The van der Waals surface area contributed by atoms with Gasteiger partial charge in [-0.2, -0.15) is 0 Å². The first-order valence-electron chi connectivity index (χ1n) is 22.3. The van der Waals surface area contributed by atoms with E-state index in [2.05, 4.69) is 6.73 Å². The first-order chi connectivity index (χ1) is 34.1. The molecule has 0 atom stereocenters. The van der Waals surface area contributed by atoms with Crippen molar-refractivity contribution >= 4 is 59.4 Å². The molecule has 12 aromatic rings. The number of hydrogen-bond acceptors (Lipinski definition) is 10. The molecule has 0 N–H and O–H groups in total. The number of benzene rings is 8. The standard InChI is InChI=1S/C56H32N8O4.Al/c1-5-13-33(14-6-1)65-37-21-25-41-45(29-37)53-57-49(41)62-54-47-31-39(67-35-17-9-3-10-18-35)23-27-43(47)51(59-54)64-56-48-32-40(68-36-19-11-4-12-20-36)24-28-44(48)52(60-56)63-55-46-30-38(66-34-15-7-2-8-16-34)22-26-42(46)50(58-55)61-53;/h1-32H;/q-2;+3. The number of nitrogens with zero attached hydrogens (tertiary/aromatic N) is 8. The second-order valence-electron chi connectivity index (χ2n) is 16.6. The molecule has 0 amide bonds. The van der Waals surface area contributed by atoms with Crippen molar-refractivity contribution in [1.29, 1.82) is 0 Å². The SMILES string of the molecule is c1ccc(Oc2ccc3c(c2)-c2nc-3nc3c4cc(Oc5ccccc5)ccc4c4nc5nc(nc6c7cc(Oc8ccccc8)ccc7c(n2)[n]6[Al+][n]43)-c2ccc(Oc3ccccc3)cc2-5)cc1. The minimum atomic E-state index is -0.937. The van der Waals surface area contributed by atoms with Gasteiger partial charge in [-0.15, -0.1) is 0 Å². The van der Waals surface area contributed by atoms with Crippen LogP contribution in [-0.4, -0.2) is 51.9 Å². The summed E-state index contributed by atoms with van der Waals surface area (Å²) in [7, 11) is 0. The van der Waals surface area contributed by atoms with Crippen LogP contribution in [0, 0.1) is 0 Å². The van der Waals surface area contributed by atoms with Gasteiger partial charge in [0.2, 0.25) is 0 Å². The molecule has 69 heavy (non-hydrogen) atoms. The maximum absolute atomic E-state index is 6.47. The Labute approximate surface area is 398 Å². The molecule has 8 aromatic carbocycles. The summed E-state index contributed by atoms with van der Waals surface area (Å²) in [4.78, 5) is 32.4. The molecule has 4 aromatic heterocycles. The second-order valence-corrected chi connectivity index (χ2v) is 17.9. The molecule has 0 unspecified atom stereocenters. The Morgan fingerprint density at radius 3 is 0.928 bits per heavy atom. The molecular formula is C56H32AlN8O4+. The maximum atomic E-state index is 6.47. The van der Waals surface area contributed by atoms with E-state index in [0.717, 1.165) is 55.3 Å². The van der Waals surface area contributed by atoms with E-state index in [9.17, 15) is 0 Å². The Balaban J connectivity index is 1.10. The fourth-order valence-corrected chi connectivity index (χ4v) is 10.5. The fraction of sp³-hybridized carbons (Fsp3) is 0. The molecule has 0 aliphatic carbocycles. The van der Waals surface area contributed by atoms with Crippen LogP contribution in [0.3, 0.4) is 0 Å². The molecule has 322 valence electrons. The minimum absolute atomic E-state index is 0.498. The number of aromatic nitrogens is 8. The number of hydrogen-bond donors (Lipinski definition) is 0. The first kappa shape index (κ1) is 39.1. The van der Waals surface area contributed by atoms with E-state index < -0.39 is 15.2 Å². The van der Waals surface area contributed by atoms with Crippen LogP contribution in [-0.2, 0) is 0 Å². The van der Waals surface area contributed by atoms with Crippen molar-refractivity contribution in [3.8, 4) is 91.5 Å². The average molecular weight is 908 g/mol. The zero-order chi connectivity index (χ0) is 45.4. The van der Waals surface area contributed by atoms with Crippen molar-refractivity contribution in [2.75, 3.05) is 0 Å². The normalized spacial score (nSPS) is 11.7. The Morgan fingerprint density at radius 2 is 0.565 bits per heavy atom. The predicted molar refractivity (Wildman–Crippen MR) is 266 cm³/mol. The number of ether oxygens (including phenoxy) is 4. The van der Waals surface area contributed by atoms with Crippen molar-refractivity contribution < 1.29 is 18.9 Å². The molecule has 0 fully saturated rings. The van der Waals surface area contributed by atoms with E-state index in [4.69, 9.17) is 48.9 Å². The van der Waals surface area contributed by atoms with Gasteiger partial charge >= 0.3 is 401 Å². The molecule has 0 saturated carbocycles. The third-order valence-electron chi connectivity index (χ3n) is 12.2. The second kappa shape index (κ2) is 15.7. The van der Waals surface area contributed by atoms with Crippen LogP contribution < -0.4 is 18.9 Å². The molecule has 6 heterocycles. The monoisotopic (exact) mass is 907 g/mol. The molecule has 2 aliphatic heterocycles. The summed E-state index contributed by atoms with van der Waals surface area (Å²) in [5.41, 5.74) is 5.86. The molecular weight excluding hydrogens is 876 g/mol. The van der Waals surface area contributed by atoms with Gasteiger partial charge in [-0.25, -0.2) is 0 Å². The summed E-state index contributed by atoms with van der Waals surface area (Å²) in [6.07, 6.45) is 0. The van der Waals surface area contributed by atoms with Crippen molar-refractivity contribution in [2.45, 2.75) is 0 Å². The van der Waals surface area contributed by atoms with E-state index in [-0.39, 0.29) is 0 Å². The van der Waals surface area contributed by atoms with Gasteiger partial charge in [0.05, 0.1) is 0 Å². The van der Waals surface area contributed by atoms with E-state index in [0.29, 0.717) is 80.4 Å². The average Bonchev–Trinajstić information content (AvgIpc) is 4.07. The van der Waals surface area contributed by atoms with Gasteiger partial charge in [0.15, 0.2) is 0 Å². The first-order valence-corrected chi connectivity index (χ1v) is 23.4. The molecule has 0 radical (unpaired) electrons. The van der Waals surface area contributed by atoms with Gasteiger partial charge in [-0.3, -0.25) is 0 Å². The fourth-order valence-electron chi connectivity index (χ4n) is 9.06. The molecule has 0 saturated heterocycles. The Hall–Kier alpha value is -9.15. The molecule has 6 bridgehead atoms. The summed E-state index contributed by atoms with van der Waals surface area (Å²) >= 11 is -0.937. The van der Waals surface area contributed by atoms with Gasteiger partial charge in [0.25, 0.3) is 0 Å². The van der Waals surface area contributed by atoms with E-state index in [1.807, 2.05) is 194 Å². The summed E-state index contributed by atoms with van der Waals surface area (Å²) in [6.45, 7) is 0. The zero-order valence-electron chi connectivity index (χ0n) is 36.3. The van der Waals surface area contributed by atoms with Crippen LogP contribution in [0.1, 0.15) is 0 Å². The van der Waals surface area contributed by atoms with E-state index in [1.54, 1.807) is 0 Å². The van der Waals surface area contributed by atoms with Crippen LogP contribution >= 0.6 is 0 Å². The van der Waals surface area contributed by atoms with Gasteiger partial charge in [-0.05, 0) is 0 Å². The van der Waals surface area contributed by atoms with Crippen LogP contribution in [0.2, 0.25) is 0 Å². The van der Waals surface area contributed by atoms with Crippen molar-refractivity contribution in [3.05, 3.63) is 194 Å². The Morgan fingerprint density at radius 1 is 0.261 bits per heavy atom. The van der Waals surface area contributed by atoms with Crippen LogP contribution in [0.4, 0.5) is 0 Å². The quantitative estimate of drug-likeness (QED) is 0.136. The topological polar surface area (TPSA) is 123 Å². The van der Waals surface area contributed by atoms with E-state index >= 15 is 0 Å². The van der Waals surface area contributed by atoms with Gasteiger partial charge in [-0.1, -0.05) is 0 Å². The third kappa shape index (κ3) is 6.83. The summed E-state index contributed by atoms with van der Waals surface area (Å²) in [5.74, 6) is 7.48. The van der Waals surface area contributed by atoms with Gasteiger partial charge in [0, 0.05) is 0 Å². The molecule has 2 aliphatic rings. The van der Waals surface area contributed by atoms with Crippen molar-refractivity contribution in [3.63, 3.8) is 0 Å². The van der Waals surface area contributed by atoms with Gasteiger partial charge < -0.3 is 0 Å². The molecule has 0 spiro atoms. The Bertz CT molecular complexity index is 3880. The Kier molecular flexibility index (Phi) is 8.91. The van der Waals surface area contributed by atoms with Crippen LogP contribution in [0.15, 0.2) is 194 Å². The number of fused-ring (bicyclic) bond motifs is 16. The molecule has 13 heteroatoms. The summed E-state index contributed by atoms with van der Waals surface area (Å²) in [5, 5.41) is 3.37. The predicted octanol–water partition coefficient (Wildman–Crippen LogP) is 13.2. The zero-order valence-corrected chi connectivity index (χ0v) is 37.4. The van der Waals surface area contributed by atoms with E-state index in [1.165, 1.54) is 0 Å².